The fourth-order valence-electron chi connectivity index (χ4n) is 2.17. The lowest BCUT2D eigenvalue weighted by atomic mass is 10.1. The van der Waals surface area contributed by atoms with Gasteiger partial charge in [0.05, 0.1) is 11.5 Å². The van der Waals surface area contributed by atoms with Crippen LogP contribution in [0.4, 0.5) is 0 Å². The molecule has 0 spiro atoms. The van der Waals surface area contributed by atoms with E-state index in [0.29, 0.717) is 11.7 Å². The average Bonchev–Trinajstić information content (AvgIpc) is 2.73. The first-order valence-corrected chi connectivity index (χ1v) is 5.67. The Morgan fingerprint density at radius 3 is 3.25 bits per heavy atom. The Kier molecular flexibility index (Phi) is 3.61. The van der Waals surface area contributed by atoms with Crippen LogP contribution in [0.5, 0.6) is 0 Å². The van der Waals surface area contributed by atoms with Crippen molar-refractivity contribution >= 4 is 0 Å². The minimum Gasteiger partial charge on any atom is -0.381 e. The Balaban J connectivity index is 1.95. The van der Waals surface area contributed by atoms with Crippen molar-refractivity contribution < 1.29 is 9.66 Å². The van der Waals surface area contributed by atoms with Crippen molar-refractivity contribution in [2.75, 3.05) is 32.8 Å². The summed E-state index contributed by atoms with van der Waals surface area (Å²) in [7, 11) is 0. The minimum atomic E-state index is -0.397. The second-order valence-corrected chi connectivity index (χ2v) is 4.26. The van der Waals surface area contributed by atoms with E-state index >= 15 is 0 Å². The maximum atomic E-state index is 10.5. The van der Waals surface area contributed by atoms with Gasteiger partial charge in [-0.15, -0.1) is 0 Å². The Bertz CT molecular complexity index is 287. The van der Waals surface area contributed by atoms with E-state index in [0.717, 1.165) is 51.9 Å². The van der Waals surface area contributed by atoms with Crippen molar-refractivity contribution in [3.8, 4) is 0 Å². The largest absolute Gasteiger partial charge is 0.381 e. The summed E-state index contributed by atoms with van der Waals surface area (Å²) in [6.45, 7) is 4.16. The molecule has 6 heteroatoms. The zero-order valence-electron chi connectivity index (χ0n) is 9.22. The molecule has 0 aliphatic carbocycles. The third kappa shape index (κ3) is 2.85. The van der Waals surface area contributed by atoms with Gasteiger partial charge < -0.3 is 15.0 Å². The average molecular weight is 227 g/mol. The standard InChI is InChI=1S/C10H17N3O3/c14-13(15)7-10-11-3-1-4-12(10)6-9-2-5-16-8-9/h7,9,11H,1-6,8H2/b10-7-. The molecule has 2 aliphatic rings. The second-order valence-electron chi connectivity index (χ2n) is 4.26. The van der Waals surface area contributed by atoms with Crippen LogP contribution in [0.15, 0.2) is 12.0 Å². The van der Waals surface area contributed by atoms with Gasteiger partial charge in [0.1, 0.15) is 0 Å². The highest BCUT2D eigenvalue weighted by molar-refractivity contribution is 4.98. The predicted octanol–water partition coefficient (Wildman–Crippen LogP) is 0.394. The maximum Gasteiger partial charge on any atom is 0.274 e. The molecule has 0 bridgehead atoms. The summed E-state index contributed by atoms with van der Waals surface area (Å²) >= 11 is 0. The summed E-state index contributed by atoms with van der Waals surface area (Å²) in [5.41, 5.74) is 0. The zero-order valence-corrected chi connectivity index (χ0v) is 9.22. The molecule has 2 saturated heterocycles. The highest BCUT2D eigenvalue weighted by atomic mass is 16.6. The van der Waals surface area contributed by atoms with Gasteiger partial charge >= 0.3 is 0 Å². The van der Waals surface area contributed by atoms with Gasteiger partial charge in [0.2, 0.25) is 0 Å². The molecular weight excluding hydrogens is 210 g/mol. The van der Waals surface area contributed by atoms with E-state index in [1.54, 1.807) is 0 Å². The molecule has 0 aromatic carbocycles. The van der Waals surface area contributed by atoms with Crippen LogP contribution in [0.3, 0.4) is 0 Å². The summed E-state index contributed by atoms with van der Waals surface area (Å²) < 4.78 is 5.31. The Morgan fingerprint density at radius 2 is 2.56 bits per heavy atom. The number of nitro groups is 1. The van der Waals surface area contributed by atoms with Gasteiger partial charge in [-0.05, 0) is 12.8 Å². The fraction of sp³-hybridized carbons (Fsp3) is 0.800. The third-order valence-electron chi connectivity index (χ3n) is 2.98. The summed E-state index contributed by atoms with van der Waals surface area (Å²) in [4.78, 5) is 12.2. The van der Waals surface area contributed by atoms with Crippen LogP contribution in [0.2, 0.25) is 0 Å². The third-order valence-corrected chi connectivity index (χ3v) is 2.98. The van der Waals surface area contributed by atoms with Gasteiger partial charge in [-0.1, -0.05) is 0 Å². The van der Waals surface area contributed by atoms with Crippen molar-refractivity contribution in [3.05, 3.63) is 22.1 Å². The van der Waals surface area contributed by atoms with Gasteiger partial charge in [-0.2, -0.15) is 0 Å². The minimum absolute atomic E-state index is 0.397. The van der Waals surface area contributed by atoms with Crippen molar-refractivity contribution in [2.24, 2.45) is 5.92 Å². The molecule has 0 radical (unpaired) electrons. The van der Waals surface area contributed by atoms with Crippen molar-refractivity contribution in [1.29, 1.82) is 0 Å². The van der Waals surface area contributed by atoms with Crippen LogP contribution in [-0.4, -0.2) is 42.7 Å². The topological polar surface area (TPSA) is 67.6 Å². The highest BCUT2D eigenvalue weighted by Gasteiger charge is 2.23. The molecule has 1 atom stereocenters. The first-order chi connectivity index (χ1) is 7.75. The Hall–Kier alpha value is -1.30. The first-order valence-electron chi connectivity index (χ1n) is 5.67. The van der Waals surface area contributed by atoms with E-state index in [9.17, 15) is 10.1 Å². The fourth-order valence-corrected chi connectivity index (χ4v) is 2.17. The molecule has 6 nitrogen and oxygen atoms in total. The highest BCUT2D eigenvalue weighted by Crippen LogP contribution is 2.17. The van der Waals surface area contributed by atoms with E-state index in [4.69, 9.17) is 4.74 Å². The van der Waals surface area contributed by atoms with Gasteiger partial charge in [0, 0.05) is 32.2 Å². The quantitative estimate of drug-likeness (QED) is 0.558. The second kappa shape index (κ2) is 5.16. The van der Waals surface area contributed by atoms with Gasteiger partial charge in [-0.25, -0.2) is 0 Å². The van der Waals surface area contributed by atoms with E-state index in [1.807, 2.05) is 0 Å². The molecule has 1 N–H and O–H groups in total. The molecule has 2 rings (SSSR count). The number of nitrogens with zero attached hydrogens (tertiary/aromatic N) is 2. The van der Waals surface area contributed by atoms with Crippen LogP contribution in [0.1, 0.15) is 12.8 Å². The van der Waals surface area contributed by atoms with E-state index < -0.39 is 4.92 Å². The normalized spacial score (nSPS) is 28.1. The molecule has 0 saturated carbocycles. The van der Waals surface area contributed by atoms with Crippen molar-refractivity contribution in [2.45, 2.75) is 12.8 Å². The molecule has 90 valence electrons. The summed E-state index contributed by atoms with van der Waals surface area (Å²) in [5.74, 6) is 1.15. The van der Waals surface area contributed by atoms with Crippen LogP contribution in [0, 0.1) is 16.0 Å². The lowest BCUT2D eigenvalue weighted by Gasteiger charge is -2.32. The van der Waals surface area contributed by atoms with Crippen LogP contribution in [0.25, 0.3) is 0 Å². The predicted molar refractivity (Wildman–Crippen MR) is 58.2 cm³/mol. The van der Waals surface area contributed by atoms with Gasteiger partial charge in [-0.3, -0.25) is 10.1 Å². The van der Waals surface area contributed by atoms with Gasteiger partial charge in [0.25, 0.3) is 6.20 Å². The van der Waals surface area contributed by atoms with Crippen LogP contribution in [-0.2, 0) is 4.74 Å². The molecule has 0 aromatic heterocycles. The molecule has 0 amide bonds. The Labute approximate surface area is 94.4 Å². The number of rotatable bonds is 3. The molecule has 0 aromatic rings. The number of ether oxygens (including phenoxy) is 1. The van der Waals surface area contributed by atoms with E-state index in [2.05, 4.69) is 10.2 Å². The first kappa shape index (κ1) is 11.2. The molecule has 1 unspecified atom stereocenters. The smallest absolute Gasteiger partial charge is 0.274 e. The number of hydrogen-bond acceptors (Lipinski definition) is 5. The summed E-state index contributed by atoms with van der Waals surface area (Å²) in [6, 6.07) is 0. The van der Waals surface area contributed by atoms with E-state index in [1.165, 1.54) is 0 Å². The summed E-state index contributed by atoms with van der Waals surface area (Å²) in [6.07, 6.45) is 3.15. The molecular formula is C10H17N3O3. The molecule has 16 heavy (non-hydrogen) atoms. The van der Waals surface area contributed by atoms with Crippen LogP contribution < -0.4 is 5.32 Å². The lowest BCUT2D eigenvalue weighted by Crippen LogP contribution is -2.42. The number of hydrogen-bond donors (Lipinski definition) is 1. The summed E-state index contributed by atoms with van der Waals surface area (Å²) in [5, 5.41) is 13.6. The van der Waals surface area contributed by atoms with Gasteiger partial charge in [0.15, 0.2) is 5.82 Å². The van der Waals surface area contributed by atoms with Crippen molar-refractivity contribution in [1.82, 2.24) is 10.2 Å². The molecule has 2 aliphatic heterocycles. The Morgan fingerprint density at radius 1 is 1.69 bits per heavy atom. The van der Waals surface area contributed by atoms with Crippen molar-refractivity contribution in [3.63, 3.8) is 0 Å². The van der Waals surface area contributed by atoms with Crippen LogP contribution >= 0.6 is 0 Å². The van der Waals surface area contributed by atoms with E-state index in [-0.39, 0.29) is 0 Å². The molecule has 2 fully saturated rings. The monoisotopic (exact) mass is 227 g/mol. The lowest BCUT2D eigenvalue weighted by molar-refractivity contribution is -0.404. The maximum absolute atomic E-state index is 10.5. The SMILES string of the molecule is O=[N+]([O-])/C=C1/NCCCN1CC1CCOC1. The molecule has 2 heterocycles. The zero-order chi connectivity index (χ0) is 11.4. The number of nitrogens with one attached hydrogen (secondary N) is 1.